The van der Waals surface area contributed by atoms with Crippen LogP contribution in [0.3, 0.4) is 0 Å². The molecule has 0 amide bonds. The molecule has 0 spiro atoms. The van der Waals surface area contributed by atoms with E-state index in [0.717, 1.165) is 6.42 Å². The minimum atomic E-state index is -0.174. The van der Waals surface area contributed by atoms with Gasteiger partial charge in [0.25, 0.3) is 0 Å². The topological polar surface area (TPSA) is 12.0 Å². The van der Waals surface area contributed by atoms with Gasteiger partial charge in [0.2, 0.25) is 0 Å². The predicted molar refractivity (Wildman–Crippen MR) is 96.6 cm³/mol. The van der Waals surface area contributed by atoms with Gasteiger partial charge in [0.1, 0.15) is 5.82 Å². The molecular formula is C19H17FIN. The Morgan fingerprint density at radius 2 is 1.95 bits per heavy atom. The fourth-order valence-corrected chi connectivity index (χ4v) is 4.64. The van der Waals surface area contributed by atoms with E-state index >= 15 is 0 Å². The Hall–Kier alpha value is -1.36. The zero-order valence-electron chi connectivity index (χ0n) is 12.3. The van der Waals surface area contributed by atoms with Gasteiger partial charge in [0.15, 0.2) is 0 Å². The summed E-state index contributed by atoms with van der Waals surface area (Å²) in [6.07, 6.45) is 5.71. The molecule has 0 bridgehead atoms. The van der Waals surface area contributed by atoms with Crippen LogP contribution in [0.1, 0.15) is 35.1 Å². The highest BCUT2D eigenvalue weighted by Crippen LogP contribution is 2.50. The highest BCUT2D eigenvalue weighted by atomic mass is 127. The normalized spacial score (nSPS) is 25.5. The van der Waals surface area contributed by atoms with Crippen LogP contribution < -0.4 is 5.32 Å². The lowest BCUT2D eigenvalue weighted by molar-refractivity contribution is 0.424. The number of hydrogen-bond acceptors (Lipinski definition) is 1. The lowest BCUT2D eigenvalue weighted by Gasteiger charge is -2.38. The first-order valence-corrected chi connectivity index (χ1v) is 8.70. The van der Waals surface area contributed by atoms with Gasteiger partial charge in [-0.05, 0) is 82.8 Å². The van der Waals surface area contributed by atoms with Gasteiger partial charge in [0, 0.05) is 15.2 Å². The SMILES string of the molecule is Cc1cc(I)cc2c1N[C@H](c1ccc(F)cc1)[C@H]1CC=C[C@@H]21. The third-order valence-corrected chi connectivity index (χ3v) is 5.48. The molecule has 3 atom stereocenters. The number of allylic oxidation sites excluding steroid dienone is 2. The molecule has 0 saturated carbocycles. The van der Waals surface area contributed by atoms with Crippen molar-refractivity contribution in [2.45, 2.75) is 25.3 Å². The molecule has 0 saturated heterocycles. The number of anilines is 1. The van der Waals surface area contributed by atoms with Crippen molar-refractivity contribution in [2.24, 2.45) is 5.92 Å². The van der Waals surface area contributed by atoms with Gasteiger partial charge in [-0.25, -0.2) is 4.39 Å². The van der Waals surface area contributed by atoms with Gasteiger partial charge in [-0.2, -0.15) is 0 Å². The maximum atomic E-state index is 13.2. The summed E-state index contributed by atoms with van der Waals surface area (Å²) in [6, 6.07) is 11.7. The van der Waals surface area contributed by atoms with Crippen molar-refractivity contribution < 1.29 is 4.39 Å². The molecule has 2 aromatic rings. The molecular weight excluding hydrogens is 388 g/mol. The molecule has 0 fully saturated rings. The molecule has 4 rings (SSSR count). The van der Waals surface area contributed by atoms with E-state index < -0.39 is 0 Å². The molecule has 1 aliphatic heterocycles. The van der Waals surface area contributed by atoms with Gasteiger partial charge >= 0.3 is 0 Å². The Balaban J connectivity index is 1.82. The summed E-state index contributed by atoms with van der Waals surface area (Å²) in [6.45, 7) is 2.16. The second kappa shape index (κ2) is 5.37. The number of nitrogens with one attached hydrogen (secondary N) is 1. The Bertz CT molecular complexity index is 751. The molecule has 2 aromatic carbocycles. The number of aryl methyl sites for hydroxylation is 1. The van der Waals surface area contributed by atoms with Crippen LogP contribution in [0.4, 0.5) is 10.1 Å². The molecule has 1 heterocycles. The average Bonchev–Trinajstić information content (AvgIpc) is 2.97. The van der Waals surface area contributed by atoms with Crippen LogP contribution >= 0.6 is 22.6 Å². The zero-order valence-corrected chi connectivity index (χ0v) is 14.5. The minimum absolute atomic E-state index is 0.174. The van der Waals surface area contributed by atoms with Gasteiger partial charge in [0.05, 0.1) is 6.04 Å². The van der Waals surface area contributed by atoms with Gasteiger partial charge in [-0.1, -0.05) is 24.3 Å². The summed E-state index contributed by atoms with van der Waals surface area (Å²) < 4.78 is 14.5. The van der Waals surface area contributed by atoms with E-state index in [2.05, 4.69) is 59.1 Å². The number of benzene rings is 2. The first kappa shape index (κ1) is 14.2. The van der Waals surface area contributed by atoms with Crippen LogP contribution in [-0.2, 0) is 0 Å². The maximum Gasteiger partial charge on any atom is 0.123 e. The number of rotatable bonds is 1. The molecule has 3 heteroatoms. The second-order valence-corrected chi connectivity index (χ2v) is 7.46. The molecule has 0 radical (unpaired) electrons. The Labute approximate surface area is 143 Å². The summed E-state index contributed by atoms with van der Waals surface area (Å²) in [5.41, 5.74) is 5.11. The molecule has 22 heavy (non-hydrogen) atoms. The lowest BCUT2D eigenvalue weighted by Crippen LogP contribution is -2.29. The number of fused-ring (bicyclic) bond motifs is 3. The van der Waals surface area contributed by atoms with E-state index in [0.29, 0.717) is 11.8 Å². The van der Waals surface area contributed by atoms with E-state index in [-0.39, 0.29) is 11.9 Å². The van der Waals surface area contributed by atoms with Crippen molar-refractivity contribution in [1.29, 1.82) is 0 Å². The molecule has 1 aliphatic carbocycles. The molecule has 1 N–H and O–H groups in total. The van der Waals surface area contributed by atoms with E-state index in [1.807, 2.05) is 12.1 Å². The smallest absolute Gasteiger partial charge is 0.123 e. The average molecular weight is 405 g/mol. The Morgan fingerprint density at radius 3 is 2.73 bits per heavy atom. The molecule has 0 aromatic heterocycles. The van der Waals surface area contributed by atoms with Crippen LogP contribution in [-0.4, -0.2) is 0 Å². The summed E-state index contributed by atoms with van der Waals surface area (Å²) in [4.78, 5) is 0. The molecule has 2 aliphatic rings. The second-order valence-electron chi connectivity index (χ2n) is 6.21. The highest BCUT2D eigenvalue weighted by molar-refractivity contribution is 14.1. The molecule has 1 nitrogen and oxygen atoms in total. The van der Waals surface area contributed by atoms with Gasteiger partial charge < -0.3 is 5.32 Å². The highest BCUT2D eigenvalue weighted by Gasteiger charge is 2.38. The monoisotopic (exact) mass is 405 g/mol. The van der Waals surface area contributed by atoms with E-state index in [9.17, 15) is 4.39 Å². The van der Waals surface area contributed by atoms with Crippen molar-refractivity contribution in [1.82, 2.24) is 0 Å². The Morgan fingerprint density at radius 1 is 1.18 bits per heavy atom. The fraction of sp³-hybridized carbons (Fsp3) is 0.263. The standard InChI is InChI=1S/C19H17FIN/c1-11-9-14(21)10-17-15-3-2-4-16(15)19(22-18(11)17)12-5-7-13(20)8-6-12/h2-3,5-10,15-16,19,22H,4H2,1H3/t15-,16+,19-/m1/s1. The van der Waals surface area contributed by atoms with Crippen LogP contribution in [0.2, 0.25) is 0 Å². The van der Waals surface area contributed by atoms with E-state index in [1.54, 1.807) is 12.1 Å². The van der Waals surface area contributed by atoms with Gasteiger partial charge in [-0.3, -0.25) is 0 Å². The third kappa shape index (κ3) is 2.26. The van der Waals surface area contributed by atoms with Crippen LogP contribution in [0.25, 0.3) is 0 Å². The van der Waals surface area contributed by atoms with Crippen molar-refractivity contribution in [3.8, 4) is 0 Å². The van der Waals surface area contributed by atoms with Crippen molar-refractivity contribution in [3.63, 3.8) is 0 Å². The van der Waals surface area contributed by atoms with E-state index in [4.69, 9.17) is 0 Å². The van der Waals surface area contributed by atoms with Crippen molar-refractivity contribution in [3.05, 3.63) is 74.6 Å². The summed E-state index contributed by atoms with van der Waals surface area (Å²) >= 11 is 2.39. The summed E-state index contributed by atoms with van der Waals surface area (Å²) in [5, 5.41) is 3.73. The molecule has 0 unspecified atom stereocenters. The molecule has 112 valence electrons. The lowest BCUT2D eigenvalue weighted by atomic mass is 9.76. The summed E-state index contributed by atoms with van der Waals surface area (Å²) in [5.74, 6) is 0.794. The number of hydrogen-bond donors (Lipinski definition) is 1. The van der Waals surface area contributed by atoms with Gasteiger partial charge in [-0.15, -0.1) is 0 Å². The minimum Gasteiger partial charge on any atom is -0.377 e. The van der Waals surface area contributed by atoms with Crippen LogP contribution in [0.15, 0.2) is 48.6 Å². The summed E-state index contributed by atoms with van der Waals surface area (Å²) in [7, 11) is 0. The number of halogens is 2. The van der Waals surface area contributed by atoms with Crippen LogP contribution in [0.5, 0.6) is 0 Å². The zero-order chi connectivity index (χ0) is 15.3. The Kier molecular flexibility index (Phi) is 3.48. The largest absolute Gasteiger partial charge is 0.377 e. The maximum absolute atomic E-state index is 13.2. The fourth-order valence-electron chi connectivity index (χ4n) is 3.84. The first-order chi connectivity index (χ1) is 10.6. The van der Waals surface area contributed by atoms with E-state index in [1.165, 1.54) is 25.9 Å². The van der Waals surface area contributed by atoms with Crippen molar-refractivity contribution >= 4 is 28.3 Å². The van der Waals surface area contributed by atoms with Crippen LogP contribution in [0, 0.1) is 22.2 Å². The van der Waals surface area contributed by atoms with Crippen molar-refractivity contribution in [2.75, 3.05) is 5.32 Å². The first-order valence-electron chi connectivity index (χ1n) is 7.62. The quantitative estimate of drug-likeness (QED) is 0.484. The third-order valence-electron chi connectivity index (χ3n) is 4.86. The predicted octanol–water partition coefficient (Wildman–Crippen LogP) is 5.57.